The van der Waals surface area contributed by atoms with Crippen LogP contribution < -0.4 is 4.74 Å². The summed E-state index contributed by atoms with van der Waals surface area (Å²) in [4.78, 5) is 6.89. The predicted molar refractivity (Wildman–Crippen MR) is 142 cm³/mol. The molecule has 1 N–H and O–H groups in total. The predicted octanol–water partition coefficient (Wildman–Crippen LogP) is 6.64. The molecule has 1 aromatic heterocycles. The number of aliphatic hydroxyl groups is 1. The first kappa shape index (κ1) is 24.9. The lowest BCUT2D eigenvalue weighted by Crippen LogP contribution is -2.40. The van der Waals surface area contributed by atoms with E-state index >= 15 is 4.39 Å². The van der Waals surface area contributed by atoms with Crippen LogP contribution in [0.5, 0.6) is 5.75 Å². The zero-order valence-corrected chi connectivity index (χ0v) is 21.6. The van der Waals surface area contributed by atoms with Gasteiger partial charge < -0.3 is 14.7 Å². The third kappa shape index (κ3) is 5.19. The van der Waals surface area contributed by atoms with Gasteiger partial charge in [0, 0.05) is 42.0 Å². The Balaban J connectivity index is 1.34. The van der Waals surface area contributed by atoms with Crippen LogP contribution in [0.1, 0.15) is 61.1 Å². The lowest BCUT2D eigenvalue weighted by molar-refractivity contribution is 0.0568. The second kappa shape index (κ2) is 9.97. The summed E-state index contributed by atoms with van der Waals surface area (Å²) in [5.41, 5.74) is 3.27. The van der Waals surface area contributed by atoms with Crippen molar-refractivity contribution in [3.63, 3.8) is 0 Å². The molecule has 0 radical (unpaired) electrons. The van der Waals surface area contributed by atoms with Gasteiger partial charge in [0.1, 0.15) is 18.0 Å². The summed E-state index contributed by atoms with van der Waals surface area (Å²) in [6, 6.07) is 17.0. The molecule has 5 rings (SSSR count). The number of likely N-dealkylation sites (tertiary alicyclic amines) is 1. The van der Waals surface area contributed by atoms with Gasteiger partial charge in [0.2, 0.25) is 0 Å². The number of hydrogen-bond acceptors (Lipinski definition) is 4. The number of aromatic nitrogens is 1. The first-order valence-electron chi connectivity index (χ1n) is 12.5. The molecule has 0 amide bonds. The van der Waals surface area contributed by atoms with Crippen molar-refractivity contribution in [1.29, 1.82) is 0 Å². The van der Waals surface area contributed by atoms with Crippen molar-refractivity contribution in [2.24, 2.45) is 0 Å². The smallest absolute Gasteiger partial charge is 0.138 e. The van der Waals surface area contributed by atoms with Crippen LogP contribution in [0.4, 0.5) is 4.39 Å². The summed E-state index contributed by atoms with van der Waals surface area (Å²) in [7, 11) is 0. The average Bonchev–Trinajstić information content (AvgIpc) is 3.02. The van der Waals surface area contributed by atoms with Gasteiger partial charge in [0.15, 0.2) is 0 Å². The van der Waals surface area contributed by atoms with Gasteiger partial charge in [0.05, 0.1) is 11.3 Å². The number of piperidine rings is 1. The van der Waals surface area contributed by atoms with Crippen LogP contribution in [0.2, 0.25) is 5.02 Å². The number of rotatable bonds is 5. The monoisotopic (exact) mass is 506 g/mol. The van der Waals surface area contributed by atoms with Crippen molar-refractivity contribution in [3.05, 3.63) is 99.8 Å². The summed E-state index contributed by atoms with van der Waals surface area (Å²) in [5, 5.41) is 11.2. The van der Waals surface area contributed by atoms with E-state index in [0.717, 1.165) is 52.2 Å². The van der Waals surface area contributed by atoms with Gasteiger partial charge in [-0.3, -0.25) is 4.98 Å². The van der Waals surface area contributed by atoms with Crippen LogP contribution in [-0.4, -0.2) is 34.6 Å². The minimum Gasteiger partial charge on any atom is -0.487 e. The highest BCUT2D eigenvalue weighted by Crippen LogP contribution is 2.40. The fourth-order valence-electron chi connectivity index (χ4n) is 5.12. The maximum atomic E-state index is 15.6. The van der Waals surface area contributed by atoms with Crippen molar-refractivity contribution in [2.75, 3.05) is 19.6 Å². The van der Waals surface area contributed by atoms with E-state index in [1.165, 1.54) is 0 Å². The Morgan fingerprint density at radius 2 is 1.86 bits per heavy atom. The number of halogens is 2. The van der Waals surface area contributed by atoms with Gasteiger partial charge >= 0.3 is 0 Å². The van der Waals surface area contributed by atoms with E-state index in [-0.39, 0.29) is 0 Å². The number of alkyl halides is 1. The van der Waals surface area contributed by atoms with Gasteiger partial charge in [0.25, 0.3) is 0 Å². The molecule has 2 aromatic carbocycles. The van der Waals surface area contributed by atoms with E-state index in [1.807, 2.05) is 24.3 Å². The molecule has 0 aliphatic carbocycles. The topological polar surface area (TPSA) is 45.6 Å². The first-order valence-corrected chi connectivity index (χ1v) is 12.9. The van der Waals surface area contributed by atoms with Crippen molar-refractivity contribution in [3.8, 4) is 5.75 Å². The van der Waals surface area contributed by atoms with Crippen LogP contribution >= 0.6 is 11.6 Å². The third-order valence-electron chi connectivity index (χ3n) is 7.32. The van der Waals surface area contributed by atoms with E-state index in [1.54, 1.807) is 44.3 Å². The molecule has 36 heavy (non-hydrogen) atoms. The number of ether oxygens (including phenoxy) is 1. The minimum atomic E-state index is -1.30. The summed E-state index contributed by atoms with van der Waals surface area (Å²) in [5.74, 6) is 0.787. The number of benzene rings is 2. The van der Waals surface area contributed by atoms with Crippen LogP contribution in [0.3, 0.4) is 0 Å². The maximum absolute atomic E-state index is 15.6. The second-order valence-electron chi connectivity index (χ2n) is 10.3. The first-order chi connectivity index (χ1) is 17.2. The summed E-state index contributed by atoms with van der Waals surface area (Å²) in [6.45, 7) is 6.24. The summed E-state index contributed by atoms with van der Waals surface area (Å²) in [6.07, 6.45) is 5.79. The molecule has 188 valence electrons. The van der Waals surface area contributed by atoms with Crippen LogP contribution in [0, 0.1) is 0 Å². The standard InChI is InChI=1S/C30H32ClFN2O2/c1-29(2,35)22-9-12-28-26(19-22)24(25-5-3-15-33-27(25)20-36-28)6-4-16-34-17-13-30(32,14-18-34)21-7-10-23(31)11-8-21/h3,5-12,15,19,35H,4,13-14,16-18,20H2,1-2H3/b24-6+. The highest BCUT2D eigenvalue weighted by atomic mass is 35.5. The number of pyridine rings is 1. The Morgan fingerprint density at radius 3 is 2.58 bits per heavy atom. The quantitative estimate of drug-likeness (QED) is 0.421. The molecule has 3 heterocycles. The van der Waals surface area contributed by atoms with Crippen molar-refractivity contribution in [2.45, 2.75) is 51.0 Å². The van der Waals surface area contributed by atoms with Gasteiger partial charge in [-0.25, -0.2) is 4.39 Å². The largest absolute Gasteiger partial charge is 0.487 e. The molecule has 2 aliphatic heterocycles. The Hall–Kier alpha value is -2.73. The molecule has 6 heteroatoms. The SMILES string of the molecule is CC(C)(O)c1ccc2c(c1)/C(=C/CCN1CCC(F)(c3ccc(Cl)cc3)CC1)c1cccnc1CO2. The summed E-state index contributed by atoms with van der Waals surface area (Å²) < 4.78 is 21.7. The third-order valence-corrected chi connectivity index (χ3v) is 7.58. The van der Waals surface area contributed by atoms with E-state index in [0.29, 0.717) is 37.6 Å². The van der Waals surface area contributed by atoms with E-state index < -0.39 is 11.3 Å². The Kier molecular flexibility index (Phi) is 6.90. The van der Waals surface area contributed by atoms with E-state index in [4.69, 9.17) is 16.3 Å². The van der Waals surface area contributed by atoms with E-state index in [9.17, 15) is 5.11 Å². The molecular weight excluding hydrogens is 475 g/mol. The Labute approximate surface area is 217 Å². The number of fused-ring (bicyclic) bond motifs is 2. The minimum absolute atomic E-state index is 0.401. The molecule has 3 aromatic rings. The van der Waals surface area contributed by atoms with Crippen LogP contribution in [0.25, 0.3) is 5.57 Å². The molecular formula is C30H32ClFN2O2. The lowest BCUT2D eigenvalue weighted by Gasteiger charge is -2.36. The molecule has 0 unspecified atom stereocenters. The van der Waals surface area contributed by atoms with Gasteiger partial charge in [-0.05, 0) is 80.1 Å². The molecule has 0 saturated carbocycles. The summed E-state index contributed by atoms with van der Waals surface area (Å²) >= 11 is 5.98. The molecule has 0 atom stereocenters. The highest BCUT2D eigenvalue weighted by molar-refractivity contribution is 6.30. The van der Waals surface area contributed by atoms with Crippen molar-refractivity contribution in [1.82, 2.24) is 9.88 Å². The van der Waals surface area contributed by atoms with E-state index in [2.05, 4.69) is 22.0 Å². The normalized spacial score (nSPS) is 18.8. The average molecular weight is 507 g/mol. The van der Waals surface area contributed by atoms with Crippen LogP contribution in [-0.2, 0) is 17.9 Å². The molecule has 1 saturated heterocycles. The second-order valence-corrected chi connectivity index (χ2v) is 10.7. The number of nitrogens with zero attached hydrogens (tertiary/aromatic N) is 2. The molecule has 2 aliphatic rings. The fraction of sp³-hybridized carbons (Fsp3) is 0.367. The number of hydrogen-bond donors (Lipinski definition) is 1. The fourth-order valence-corrected chi connectivity index (χ4v) is 5.24. The van der Waals surface area contributed by atoms with Gasteiger partial charge in [-0.2, -0.15) is 0 Å². The lowest BCUT2D eigenvalue weighted by atomic mass is 9.86. The van der Waals surface area contributed by atoms with Crippen molar-refractivity contribution < 1.29 is 14.2 Å². The Bertz CT molecular complexity index is 1260. The Morgan fingerprint density at radius 1 is 1.11 bits per heavy atom. The zero-order chi connectivity index (χ0) is 25.3. The van der Waals surface area contributed by atoms with Gasteiger partial charge in [-0.1, -0.05) is 41.9 Å². The molecule has 4 nitrogen and oxygen atoms in total. The maximum Gasteiger partial charge on any atom is 0.138 e. The zero-order valence-electron chi connectivity index (χ0n) is 20.8. The molecule has 0 spiro atoms. The molecule has 0 bridgehead atoms. The molecule has 1 fully saturated rings. The van der Waals surface area contributed by atoms with Crippen LogP contribution in [0.15, 0.2) is 66.9 Å². The highest BCUT2D eigenvalue weighted by Gasteiger charge is 2.36. The van der Waals surface area contributed by atoms with Crippen molar-refractivity contribution >= 4 is 17.2 Å². The van der Waals surface area contributed by atoms with Gasteiger partial charge in [-0.15, -0.1) is 0 Å².